The summed E-state index contributed by atoms with van der Waals surface area (Å²) in [5.41, 5.74) is 0.878. The van der Waals surface area contributed by atoms with Gasteiger partial charge < -0.3 is 9.64 Å². The summed E-state index contributed by atoms with van der Waals surface area (Å²) in [7, 11) is 0. The van der Waals surface area contributed by atoms with Crippen molar-refractivity contribution < 1.29 is 13.5 Å². The number of pyridine rings is 1. The molecule has 1 fully saturated rings. The lowest BCUT2D eigenvalue weighted by atomic mass is 10.1. The monoisotopic (exact) mass is 328 g/mol. The zero-order valence-corrected chi connectivity index (χ0v) is 12.9. The largest absolute Gasteiger partial charge is 0.379 e. The van der Waals surface area contributed by atoms with Gasteiger partial charge >= 0.3 is 6.08 Å². The van der Waals surface area contributed by atoms with Crippen LogP contribution in [0.15, 0.2) is 6.20 Å². The number of alkyl halides is 1. The zero-order valence-electron chi connectivity index (χ0n) is 12.2. The van der Waals surface area contributed by atoms with Gasteiger partial charge in [-0.3, -0.25) is 0 Å². The van der Waals surface area contributed by atoms with Crippen molar-refractivity contribution in [1.29, 1.82) is 0 Å². The van der Waals surface area contributed by atoms with Crippen LogP contribution in [-0.2, 0) is 4.74 Å². The molecule has 2 unspecified atom stereocenters. The van der Waals surface area contributed by atoms with Crippen LogP contribution in [0, 0.1) is 18.9 Å². The van der Waals surface area contributed by atoms with Gasteiger partial charge in [0.15, 0.2) is 6.30 Å². The Morgan fingerprint density at radius 1 is 1.41 bits per heavy atom. The number of fused-ring (bicyclic) bond motifs is 1. The first-order valence-electron chi connectivity index (χ1n) is 6.96. The Bertz CT molecular complexity index is 715. The lowest BCUT2D eigenvalue weighted by Crippen LogP contribution is -2.38. The molecule has 3 rings (SSSR count). The predicted molar refractivity (Wildman–Crippen MR) is 79.3 cm³/mol. The Hall–Kier alpha value is -1.60. The van der Waals surface area contributed by atoms with Gasteiger partial charge in [0.05, 0.1) is 24.1 Å². The van der Waals surface area contributed by atoms with Crippen LogP contribution in [0.4, 0.5) is 14.6 Å². The third-order valence-corrected chi connectivity index (χ3v) is 4.15. The number of aromatic nitrogens is 3. The van der Waals surface area contributed by atoms with E-state index in [-0.39, 0.29) is 23.4 Å². The number of ether oxygens (including phenoxy) is 1. The topological polar surface area (TPSA) is 51.1 Å². The zero-order chi connectivity index (χ0) is 15.9. The molecule has 0 N–H and O–H groups in total. The van der Waals surface area contributed by atoms with Crippen LogP contribution < -0.4 is 4.90 Å². The molecule has 22 heavy (non-hydrogen) atoms. The molecular weight excluding hydrogens is 314 g/mol. The van der Waals surface area contributed by atoms with Crippen LogP contribution in [-0.4, -0.2) is 41.0 Å². The number of hydrogen-bond donors (Lipinski definition) is 0. The fourth-order valence-corrected chi connectivity index (χ4v) is 2.67. The first-order chi connectivity index (χ1) is 10.5. The summed E-state index contributed by atoms with van der Waals surface area (Å²) in [6.45, 7) is 4.36. The Balaban J connectivity index is 2.19. The van der Waals surface area contributed by atoms with E-state index in [4.69, 9.17) is 16.3 Å². The maximum absolute atomic E-state index is 14.6. The molecule has 2 aromatic rings. The van der Waals surface area contributed by atoms with Gasteiger partial charge in [-0.05, 0) is 6.92 Å². The molecule has 0 aromatic carbocycles. The molecule has 118 valence electrons. The van der Waals surface area contributed by atoms with Crippen molar-refractivity contribution in [3.8, 4) is 0 Å². The van der Waals surface area contributed by atoms with Gasteiger partial charge in [-0.25, -0.2) is 14.4 Å². The third-order valence-electron chi connectivity index (χ3n) is 3.77. The van der Waals surface area contributed by atoms with Gasteiger partial charge in [0.1, 0.15) is 11.0 Å². The van der Waals surface area contributed by atoms with E-state index in [0.29, 0.717) is 29.7 Å². The quantitative estimate of drug-likeness (QED) is 0.458. The van der Waals surface area contributed by atoms with Crippen LogP contribution in [0.2, 0.25) is 5.15 Å². The molecule has 0 saturated carbocycles. The van der Waals surface area contributed by atoms with E-state index >= 15 is 0 Å². The van der Waals surface area contributed by atoms with E-state index in [0.717, 1.165) is 0 Å². The number of aryl methyl sites for hydroxylation is 1. The first kappa shape index (κ1) is 15.3. The molecule has 1 saturated heterocycles. The van der Waals surface area contributed by atoms with Crippen molar-refractivity contribution in [1.82, 2.24) is 15.0 Å². The lowest BCUT2D eigenvalue weighted by molar-refractivity contribution is 0.105. The summed E-state index contributed by atoms with van der Waals surface area (Å²) in [5, 5.41) is 0.709. The minimum Gasteiger partial charge on any atom is -0.379 e. The molecular formula is C14H15ClF2N4O. The third kappa shape index (κ3) is 2.59. The van der Waals surface area contributed by atoms with E-state index in [1.807, 2.05) is 0 Å². The van der Waals surface area contributed by atoms with Crippen molar-refractivity contribution in [3.63, 3.8) is 0 Å². The molecule has 3 heterocycles. The van der Waals surface area contributed by atoms with Gasteiger partial charge in [-0.1, -0.05) is 18.5 Å². The lowest BCUT2D eigenvalue weighted by Gasteiger charge is -2.28. The van der Waals surface area contributed by atoms with Crippen molar-refractivity contribution in [2.24, 2.45) is 5.92 Å². The Kier molecular flexibility index (Phi) is 4.10. The van der Waals surface area contributed by atoms with Crippen molar-refractivity contribution in [2.75, 3.05) is 24.7 Å². The van der Waals surface area contributed by atoms with Gasteiger partial charge in [0, 0.05) is 24.2 Å². The van der Waals surface area contributed by atoms with Crippen molar-refractivity contribution in [3.05, 3.63) is 23.0 Å². The molecule has 1 aliphatic rings. The predicted octanol–water partition coefficient (Wildman–Crippen LogP) is 2.89. The number of anilines is 1. The highest BCUT2D eigenvalue weighted by molar-refractivity contribution is 6.31. The van der Waals surface area contributed by atoms with E-state index < -0.39 is 12.4 Å². The molecule has 2 atom stereocenters. The summed E-state index contributed by atoms with van der Waals surface area (Å²) < 4.78 is 33.8. The molecule has 0 amide bonds. The average molecular weight is 329 g/mol. The summed E-state index contributed by atoms with van der Waals surface area (Å²) >= 11 is 5.95. The maximum Gasteiger partial charge on any atom is 0.311 e. The molecule has 0 spiro atoms. The minimum absolute atomic E-state index is 0.180. The number of rotatable bonds is 1. The Morgan fingerprint density at radius 2 is 2.18 bits per heavy atom. The minimum atomic E-state index is -1.32. The molecule has 0 bridgehead atoms. The highest BCUT2D eigenvalue weighted by Gasteiger charge is 2.30. The smallest absolute Gasteiger partial charge is 0.311 e. The summed E-state index contributed by atoms with van der Waals surface area (Å²) in [6, 6.07) is 0. The van der Waals surface area contributed by atoms with Crippen LogP contribution in [0.3, 0.4) is 0 Å². The summed E-state index contributed by atoms with van der Waals surface area (Å²) in [5.74, 6) is -0.170. The molecule has 0 radical (unpaired) electrons. The summed E-state index contributed by atoms with van der Waals surface area (Å²) in [4.78, 5) is 13.0. The second kappa shape index (κ2) is 5.89. The summed E-state index contributed by atoms with van der Waals surface area (Å²) in [6.07, 6.45) is -0.795. The normalized spacial score (nSPS) is 22.9. The van der Waals surface area contributed by atoms with Gasteiger partial charge in [-0.2, -0.15) is 9.37 Å². The fraction of sp³-hybridized carbons (Fsp3) is 0.500. The van der Waals surface area contributed by atoms with Gasteiger partial charge in [-0.15, -0.1) is 0 Å². The molecule has 8 heteroatoms. The second-order valence-electron chi connectivity index (χ2n) is 5.37. The van der Waals surface area contributed by atoms with E-state index in [9.17, 15) is 8.78 Å². The number of nitrogens with zero attached hydrogens (tertiary/aromatic N) is 4. The fourth-order valence-electron chi connectivity index (χ4n) is 2.54. The van der Waals surface area contributed by atoms with Crippen molar-refractivity contribution in [2.45, 2.75) is 20.1 Å². The van der Waals surface area contributed by atoms with Crippen LogP contribution in [0.5, 0.6) is 0 Å². The van der Waals surface area contributed by atoms with E-state index in [2.05, 4.69) is 15.0 Å². The number of halogens is 3. The SMILES string of the molecule is Cc1c(Cl)ncc2c(N3CCOCC(C)C3F)nc(F)nc12. The van der Waals surface area contributed by atoms with Crippen LogP contribution in [0.25, 0.3) is 10.9 Å². The van der Waals surface area contributed by atoms with E-state index in [1.165, 1.54) is 11.1 Å². The Labute approximate surface area is 131 Å². The standard InChI is InChI=1S/C14H15ClF2N4O/c1-7-6-22-4-3-21(12(7)16)13-9-5-18-11(15)8(2)10(9)19-14(17)20-13/h5,7,12H,3-4,6H2,1-2H3. The van der Waals surface area contributed by atoms with Gasteiger partial charge in [0.2, 0.25) is 0 Å². The van der Waals surface area contributed by atoms with Crippen LogP contribution in [0.1, 0.15) is 12.5 Å². The number of hydrogen-bond acceptors (Lipinski definition) is 5. The Morgan fingerprint density at radius 3 is 2.95 bits per heavy atom. The average Bonchev–Trinajstić information content (AvgIpc) is 2.65. The highest BCUT2D eigenvalue weighted by Crippen LogP contribution is 2.31. The van der Waals surface area contributed by atoms with Crippen molar-refractivity contribution >= 4 is 28.3 Å². The molecule has 5 nitrogen and oxygen atoms in total. The molecule has 0 aliphatic carbocycles. The second-order valence-corrected chi connectivity index (χ2v) is 5.73. The van der Waals surface area contributed by atoms with E-state index in [1.54, 1.807) is 13.8 Å². The highest BCUT2D eigenvalue weighted by atomic mass is 35.5. The van der Waals surface area contributed by atoms with Gasteiger partial charge in [0.25, 0.3) is 0 Å². The molecule has 1 aliphatic heterocycles. The van der Waals surface area contributed by atoms with Crippen LogP contribution >= 0.6 is 11.6 Å². The maximum atomic E-state index is 14.6. The molecule has 2 aromatic heterocycles. The first-order valence-corrected chi connectivity index (χ1v) is 7.33.